The molecule has 0 radical (unpaired) electrons. The van der Waals surface area contributed by atoms with E-state index >= 15 is 0 Å². The van der Waals surface area contributed by atoms with Gasteiger partial charge in [-0.3, -0.25) is 14.9 Å². The number of hydrogen-bond donors (Lipinski definition) is 1. The van der Waals surface area contributed by atoms with Gasteiger partial charge in [0.05, 0.1) is 15.1 Å². The lowest BCUT2D eigenvalue weighted by Gasteiger charge is -2.30. The summed E-state index contributed by atoms with van der Waals surface area (Å²) in [4.78, 5) is 22.1. The topological polar surface area (TPSA) is 46.2 Å². The molecule has 0 aromatic rings. The van der Waals surface area contributed by atoms with Gasteiger partial charge in [-0.15, -0.1) is 23.4 Å². The number of fused-ring (bicyclic) bond motifs is 1. The van der Waals surface area contributed by atoms with Gasteiger partial charge in [0.15, 0.2) is 4.87 Å². The van der Waals surface area contributed by atoms with Gasteiger partial charge >= 0.3 is 0 Å². The van der Waals surface area contributed by atoms with E-state index in [0.717, 1.165) is 0 Å². The lowest BCUT2D eigenvalue weighted by Crippen LogP contribution is -2.40. The molecule has 1 saturated heterocycles. The van der Waals surface area contributed by atoms with E-state index in [1.807, 2.05) is 0 Å². The number of halogens is 4. The molecule has 2 atom stereocenters. The van der Waals surface area contributed by atoms with Crippen LogP contribution in [0, 0.1) is 5.92 Å². The molecular formula is C9H5Cl4NO2S. The van der Waals surface area contributed by atoms with Crippen molar-refractivity contribution in [1.82, 2.24) is 5.32 Å². The zero-order valence-corrected chi connectivity index (χ0v) is 12.2. The lowest BCUT2D eigenvalue weighted by atomic mass is 9.89. The molecule has 0 aromatic heterocycles. The second-order valence-electron chi connectivity index (χ2n) is 3.47. The van der Waals surface area contributed by atoms with Crippen molar-refractivity contribution in [3.05, 3.63) is 20.0 Å². The second kappa shape index (κ2) is 4.35. The maximum atomic E-state index is 11.7. The van der Waals surface area contributed by atoms with Crippen molar-refractivity contribution in [3.63, 3.8) is 0 Å². The van der Waals surface area contributed by atoms with Crippen molar-refractivity contribution in [2.24, 2.45) is 5.92 Å². The average molecular weight is 333 g/mol. The monoisotopic (exact) mass is 331 g/mol. The maximum absolute atomic E-state index is 11.7. The molecule has 2 rings (SSSR count). The van der Waals surface area contributed by atoms with Gasteiger partial charge in [0, 0.05) is 4.91 Å². The number of nitrogens with one attached hydrogen (secondary N) is 1. The predicted octanol–water partition coefficient (Wildman–Crippen LogP) is 2.75. The van der Waals surface area contributed by atoms with Crippen molar-refractivity contribution in [2.45, 2.75) is 4.87 Å². The van der Waals surface area contributed by atoms with E-state index in [-0.39, 0.29) is 15.1 Å². The van der Waals surface area contributed by atoms with Crippen LogP contribution in [0.4, 0.5) is 0 Å². The molecule has 1 aliphatic carbocycles. The molecule has 1 fully saturated rings. The van der Waals surface area contributed by atoms with Gasteiger partial charge in [-0.2, -0.15) is 0 Å². The number of thioether (sulfide) groups is 1. The molecule has 1 N–H and O–H groups in total. The first kappa shape index (κ1) is 13.6. The normalized spacial score (nSPS) is 33.1. The van der Waals surface area contributed by atoms with Gasteiger partial charge in [-0.25, -0.2) is 0 Å². The number of carbonyl (C=O) groups is 2. The Morgan fingerprint density at radius 3 is 2.41 bits per heavy atom. The largest absolute Gasteiger partial charge is 0.294 e. The number of alkyl halides is 1. The Labute approximate surface area is 121 Å². The third-order valence-electron chi connectivity index (χ3n) is 2.61. The first-order valence-electron chi connectivity index (χ1n) is 4.39. The summed E-state index contributed by atoms with van der Waals surface area (Å²) < 4.78 is 0. The van der Waals surface area contributed by atoms with Crippen molar-refractivity contribution >= 4 is 70.0 Å². The fraction of sp³-hybridized carbons (Fsp3) is 0.333. The minimum atomic E-state index is -1.67. The van der Waals surface area contributed by atoms with Crippen molar-refractivity contribution in [2.75, 3.05) is 6.26 Å². The Kier molecular flexibility index (Phi) is 3.47. The van der Waals surface area contributed by atoms with E-state index in [1.54, 1.807) is 6.26 Å². The second-order valence-corrected chi connectivity index (χ2v) is 6.05. The van der Waals surface area contributed by atoms with Crippen molar-refractivity contribution in [1.29, 1.82) is 0 Å². The first-order chi connectivity index (χ1) is 7.85. The minimum Gasteiger partial charge on any atom is -0.294 e. The summed E-state index contributed by atoms with van der Waals surface area (Å²) in [6.45, 7) is 0. The van der Waals surface area contributed by atoms with Crippen LogP contribution < -0.4 is 5.32 Å². The Morgan fingerprint density at radius 2 is 1.88 bits per heavy atom. The number of imide groups is 1. The SMILES string of the molecule is CSC1=C(Cl)C2(Cl)C(=O)NC(=O)C2C(Cl)=C1Cl. The zero-order valence-electron chi connectivity index (χ0n) is 8.31. The van der Waals surface area contributed by atoms with Gasteiger partial charge in [0.1, 0.15) is 5.92 Å². The highest BCUT2D eigenvalue weighted by Crippen LogP contribution is 2.54. The number of carbonyl (C=O) groups excluding carboxylic acids is 2. The Hall–Kier alpha value is 0.130. The van der Waals surface area contributed by atoms with Crippen LogP contribution >= 0.6 is 58.2 Å². The Balaban J connectivity index is 2.72. The van der Waals surface area contributed by atoms with Gasteiger partial charge in [0.2, 0.25) is 5.91 Å². The van der Waals surface area contributed by atoms with Crippen LogP contribution in [0.25, 0.3) is 0 Å². The average Bonchev–Trinajstić information content (AvgIpc) is 2.49. The summed E-state index contributed by atoms with van der Waals surface area (Å²) in [6.07, 6.45) is 1.72. The quantitative estimate of drug-likeness (QED) is 0.593. The van der Waals surface area contributed by atoms with Crippen LogP contribution in [-0.2, 0) is 9.59 Å². The Morgan fingerprint density at radius 1 is 1.29 bits per heavy atom. The molecule has 1 aliphatic heterocycles. The maximum Gasteiger partial charge on any atom is 0.254 e. The molecule has 0 aromatic carbocycles. The van der Waals surface area contributed by atoms with Gasteiger partial charge in [-0.05, 0) is 6.26 Å². The Bertz CT molecular complexity index is 501. The number of amides is 2. The van der Waals surface area contributed by atoms with Crippen LogP contribution in [0.15, 0.2) is 20.0 Å². The van der Waals surface area contributed by atoms with Crippen LogP contribution in [-0.4, -0.2) is 22.9 Å². The molecular weight excluding hydrogens is 328 g/mol. The summed E-state index contributed by atoms with van der Waals surface area (Å²) in [5, 5.41) is 2.35. The van der Waals surface area contributed by atoms with E-state index in [1.165, 1.54) is 11.8 Å². The third-order valence-corrected chi connectivity index (χ3v) is 5.71. The van der Waals surface area contributed by atoms with Crippen LogP contribution in [0.5, 0.6) is 0 Å². The van der Waals surface area contributed by atoms with E-state index in [9.17, 15) is 9.59 Å². The van der Waals surface area contributed by atoms with Gasteiger partial charge < -0.3 is 0 Å². The number of rotatable bonds is 1. The van der Waals surface area contributed by atoms with Gasteiger partial charge in [0.25, 0.3) is 5.91 Å². The molecule has 0 spiro atoms. The third kappa shape index (κ3) is 1.65. The van der Waals surface area contributed by atoms with Crippen molar-refractivity contribution in [3.8, 4) is 0 Å². The summed E-state index contributed by atoms with van der Waals surface area (Å²) in [7, 11) is 0. The van der Waals surface area contributed by atoms with Crippen molar-refractivity contribution < 1.29 is 9.59 Å². The highest BCUT2D eigenvalue weighted by molar-refractivity contribution is 8.02. The molecule has 8 heteroatoms. The molecule has 2 amide bonds. The summed E-state index contributed by atoms with van der Waals surface area (Å²) in [5.41, 5.74) is 0. The highest BCUT2D eigenvalue weighted by Gasteiger charge is 2.61. The van der Waals surface area contributed by atoms with E-state index < -0.39 is 22.6 Å². The first-order valence-corrected chi connectivity index (χ1v) is 7.13. The summed E-state index contributed by atoms with van der Waals surface area (Å²) >= 11 is 25.5. The van der Waals surface area contributed by atoms with Gasteiger partial charge in [-0.1, -0.05) is 34.8 Å². The molecule has 0 saturated carbocycles. The molecule has 2 unspecified atom stereocenters. The standard InChI is InChI=1S/C9H5Cl4NO2S/c1-17-5-4(11)3(10)2-7(15)14-8(16)9(2,13)6(5)12/h2H,1H3,(H,14,15,16). The summed E-state index contributed by atoms with van der Waals surface area (Å²) in [6, 6.07) is 0. The van der Waals surface area contributed by atoms with E-state index in [0.29, 0.717) is 4.91 Å². The zero-order chi connectivity index (χ0) is 13.0. The molecule has 1 heterocycles. The molecule has 92 valence electrons. The summed E-state index contributed by atoms with van der Waals surface area (Å²) in [5.74, 6) is -2.33. The molecule has 0 bridgehead atoms. The number of allylic oxidation sites excluding steroid dienone is 1. The highest BCUT2D eigenvalue weighted by atomic mass is 35.5. The van der Waals surface area contributed by atoms with E-state index in [4.69, 9.17) is 46.4 Å². The fourth-order valence-corrected chi connectivity index (χ4v) is 4.29. The lowest BCUT2D eigenvalue weighted by molar-refractivity contribution is -0.125. The molecule has 3 nitrogen and oxygen atoms in total. The smallest absolute Gasteiger partial charge is 0.254 e. The molecule has 17 heavy (non-hydrogen) atoms. The van der Waals surface area contributed by atoms with Crippen LogP contribution in [0.1, 0.15) is 0 Å². The molecule has 2 aliphatic rings. The fourth-order valence-electron chi connectivity index (χ4n) is 1.78. The van der Waals surface area contributed by atoms with E-state index in [2.05, 4.69) is 5.32 Å². The predicted molar refractivity (Wildman–Crippen MR) is 70.3 cm³/mol. The number of hydrogen-bond acceptors (Lipinski definition) is 3. The van der Waals surface area contributed by atoms with Crippen LogP contribution in [0.2, 0.25) is 0 Å². The minimum absolute atomic E-state index is 0.0365. The van der Waals surface area contributed by atoms with Crippen LogP contribution in [0.3, 0.4) is 0 Å².